The number of likely N-dealkylation sites (tertiary alicyclic amines) is 1. The van der Waals surface area contributed by atoms with Gasteiger partial charge in [-0.2, -0.15) is 5.26 Å². The van der Waals surface area contributed by atoms with Crippen molar-refractivity contribution in [2.24, 2.45) is 5.41 Å². The number of aromatic amines is 1. The van der Waals surface area contributed by atoms with E-state index >= 15 is 0 Å². The van der Waals surface area contributed by atoms with Crippen molar-refractivity contribution in [3.8, 4) is 6.07 Å². The lowest BCUT2D eigenvalue weighted by Gasteiger charge is -2.22. The predicted octanol–water partition coefficient (Wildman–Crippen LogP) is 2.35. The molecule has 2 aliphatic rings. The van der Waals surface area contributed by atoms with Gasteiger partial charge < -0.3 is 19.6 Å². The topological polar surface area (TPSA) is 93.8 Å². The maximum Gasteiger partial charge on any atom is 0.139 e. The zero-order chi connectivity index (χ0) is 17.7. The van der Waals surface area contributed by atoms with Gasteiger partial charge in [-0.1, -0.05) is 0 Å². The van der Waals surface area contributed by atoms with Crippen LogP contribution in [0.25, 0.3) is 22.1 Å². The summed E-state index contributed by atoms with van der Waals surface area (Å²) in [6.45, 7) is 2.93. The van der Waals surface area contributed by atoms with Crippen LogP contribution in [0.2, 0.25) is 0 Å². The van der Waals surface area contributed by atoms with E-state index in [9.17, 15) is 5.11 Å². The molecule has 4 heterocycles. The van der Waals surface area contributed by atoms with Crippen LogP contribution < -0.4 is 0 Å². The number of pyridine rings is 1. The normalized spacial score (nSPS) is 21.8. The van der Waals surface area contributed by atoms with Crippen molar-refractivity contribution in [1.29, 1.82) is 5.26 Å². The number of aliphatic hydroxyl groups excluding tert-OH is 1. The van der Waals surface area contributed by atoms with Gasteiger partial charge in [0.15, 0.2) is 0 Å². The number of hydrogen-bond acceptors (Lipinski definition) is 5. The molecule has 1 unspecified atom stereocenters. The Bertz CT molecular complexity index is 1010. The van der Waals surface area contributed by atoms with Gasteiger partial charge in [-0.05, 0) is 31.9 Å². The third-order valence-corrected chi connectivity index (χ3v) is 6.09. The quantitative estimate of drug-likeness (QED) is 0.689. The molecule has 0 bridgehead atoms. The van der Waals surface area contributed by atoms with Crippen molar-refractivity contribution in [3.63, 3.8) is 0 Å². The van der Waals surface area contributed by atoms with Crippen LogP contribution in [0.3, 0.4) is 0 Å². The largest absolute Gasteiger partial charge is 0.388 e. The third kappa shape index (κ3) is 2.26. The first-order chi connectivity index (χ1) is 12.8. The molecule has 2 fully saturated rings. The molecule has 1 saturated carbocycles. The van der Waals surface area contributed by atoms with Gasteiger partial charge in [0, 0.05) is 36.5 Å². The van der Waals surface area contributed by atoms with Crippen LogP contribution in [0.4, 0.5) is 0 Å². The highest BCUT2D eigenvalue weighted by Crippen LogP contribution is 2.59. The molecule has 26 heavy (non-hydrogen) atoms. The van der Waals surface area contributed by atoms with Crippen molar-refractivity contribution in [2.75, 3.05) is 19.6 Å². The molecule has 1 spiro atoms. The second-order valence-corrected chi connectivity index (χ2v) is 7.66. The number of rotatable bonds is 5. The number of hydrogen-bond donors (Lipinski definition) is 2. The Morgan fingerprint density at radius 3 is 3.08 bits per heavy atom. The van der Waals surface area contributed by atoms with Crippen LogP contribution in [-0.2, 0) is 6.61 Å². The van der Waals surface area contributed by atoms with Gasteiger partial charge in [-0.25, -0.2) is 9.97 Å². The van der Waals surface area contributed by atoms with E-state index in [0.717, 1.165) is 53.9 Å². The number of nitrogens with zero attached hydrogens (tertiary/aromatic N) is 5. The Labute approximate surface area is 151 Å². The summed E-state index contributed by atoms with van der Waals surface area (Å²) in [7, 11) is 0. The molecular weight excluding hydrogens is 328 g/mol. The molecule has 1 aliphatic heterocycles. The third-order valence-electron chi connectivity index (χ3n) is 6.09. The van der Waals surface area contributed by atoms with E-state index in [0.29, 0.717) is 12.5 Å². The Hall–Kier alpha value is -2.43. The molecule has 3 aromatic rings. The van der Waals surface area contributed by atoms with Gasteiger partial charge in [0.25, 0.3) is 0 Å². The monoisotopic (exact) mass is 350 g/mol. The molecule has 7 heteroatoms. The lowest BCUT2D eigenvalue weighted by molar-refractivity contribution is 0.255. The molecule has 7 nitrogen and oxygen atoms in total. The van der Waals surface area contributed by atoms with Crippen LogP contribution >= 0.6 is 0 Å². The number of unbranched alkanes of at least 4 members (excludes halogenated alkanes) is 1. The molecule has 0 amide bonds. The van der Waals surface area contributed by atoms with Crippen LogP contribution in [0, 0.1) is 16.7 Å². The summed E-state index contributed by atoms with van der Waals surface area (Å²) >= 11 is 0. The summed E-state index contributed by atoms with van der Waals surface area (Å²) in [5.41, 5.74) is 3.07. The van der Waals surface area contributed by atoms with Crippen LogP contribution in [0.15, 0.2) is 18.5 Å². The minimum absolute atomic E-state index is 0.0678. The highest BCUT2D eigenvalue weighted by atomic mass is 16.3. The summed E-state index contributed by atoms with van der Waals surface area (Å²) < 4.78 is 2.28. The second-order valence-electron chi connectivity index (χ2n) is 7.66. The molecule has 2 N–H and O–H groups in total. The van der Waals surface area contributed by atoms with Crippen molar-refractivity contribution in [3.05, 3.63) is 24.3 Å². The van der Waals surface area contributed by atoms with Gasteiger partial charge in [0.1, 0.15) is 23.6 Å². The van der Waals surface area contributed by atoms with E-state index in [1.165, 1.54) is 12.8 Å². The predicted molar refractivity (Wildman–Crippen MR) is 97.3 cm³/mol. The van der Waals surface area contributed by atoms with Crippen molar-refractivity contribution < 1.29 is 5.11 Å². The molecule has 3 aromatic heterocycles. The highest BCUT2D eigenvalue weighted by Gasteiger charge is 2.56. The molecule has 5 rings (SSSR count). The number of imidazole rings is 1. The lowest BCUT2D eigenvalue weighted by Crippen LogP contribution is -2.23. The summed E-state index contributed by atoms with van der Waals surface area (Å²) in [5.74, 6) is 0.727. The standard InChI is InChI=1S/C19H22N6O/c20-6-1-2-8-24-10-15(19(12-24)4-5-19)25-16(11-26)23-14-9-22-18-13(17(14)25)3-7-21-18/h3,7,9,15,26H,1-2,4-5,8,10-12H2,(H,21,22). The van der Waals surface area contributed by atoms with E-state index in [-0.39, 0.29) is 12.0 Å². The first kappa shape index (κ1) is 15.8. The summed E-state index contributed by atoms with van der Waals surface area (Å²) in [6.07, 6.45) is 7.67. The van der Waals surface area contributed by atoms with E-state index < -0.39 is 0 Å². The van der Waals surface area contributed by atoms with E-state index in [1.807, 2.05) is 12.3 Å². The van der Waals surface area contributed by atoms with Gasteiger partial charge in [0.2, 0.25) is 0 Å². The minimum atomic E-state index is -0.0678. The Balaban J connectivity index is 1.60. The summed E-state index contributed by atoms with van der Waals surface area (Å²) in [5, 5.41) is 19.8. The Morgan fingerprint density at radius 2 is 2.31 bits per heavy atom. The highest BCUT2D eigenvalue weighted by molar-refractivity contribution is 6.01. The zero-order valence-electron chi connectivity index (χ0n) is 14.6. The van der Waals surface area contributed by atoms with Gasteiger partial charge in [-0.3, -0.25) is 0 Å². The van der Waals surface area contributed by atoms with Gasteiger partial charge in [-0.15, -0.1) is 0 Å². The molecule has 1 atom stereocenters. The zero-order valence-corrected chi connectivity index (χ0v) is 14.6. The first-order valence-corrected chi connectivity index (χ1v) is 9.29. The maximum absolute atomic E-state index is 9.97. The fourth-order valence-corrected chi connectivity index (χ4v) is 4.70. The van der Waals surface area contributed by atoms with Crippen molar-refractivity contribution in [1.82, 2.24) is 24.4 Å². The van der Waals surface area contributed by atoms with Crippen LogP contribution in [0.1, 0.15) is 37.5 Å². The van der Waals surface area contributed by atoms with Crippen LogP contribution in [0.5, 0.6) is 0 Å². The van der Waals surface area contributed by atoms with Gasteiger partial charge in [0.05, 0.1) is 23.8 Å². The maximum atomic E-state index is 9.97. The van der Waals surface area contributed by atoms with Crippen molar-refractivity contribution >= 4 is 22.1 Å². The summed E-state index contributed by atoms with van der Waals surface area (Å²) in [4.78, 5) is 14.8. The molecule has 1 aliphatic carbocycles. The fourth-order valence-electron chi connectivity index (χ4n) is 4.70. The first-order valence-electron chi connectivity index (χ1n) is 9.29. The van der Waals surface area contributed by atoms with Gasteiger partial charge >= 0.3 is 0 Å². The Kier molecular flexibility index (Phi) is 3.52. The molecule has 134 valence electrons. The van der Waals surface area contributed by atoms with Crippen LogP contribution in [-0.4, -0.2) is 49.2 Å². The summed E-state index contributed by atoms with van der Waals surface area (Å²) in [6, 6.07) is 4.60. The number of aliphatic hydroxyl groups is 1. The minimum Gasteiger partial charge on any atom is -0.388 e. The molecular formula is C19H22N6O. The van der Waals surface area contributed by atoms with E-state index in [2.05, 4.69) is 30.5 Å². The van der Waals surface area contributed by atoms with E-state index in [4.69, 9.17) is 5.26 Å². The number of fused-ring (bicyclic) bond motifs is 3. The molecule has 0 aromatic carbocycles. The second kappa shape index (κ2) is 5.79. The number of nitriles is 1. The Morgan fingerprint density at radius 1 is 1.42 bits per heavy atom. The fraction of sp³-hybridized carbons (Fsp3) is 0.526. The van der Waals surface area contributed by atoms with E-state index in [1.54, 1.807) is 6.20 Å². The number of H-pyrrole nitrogens is 1. The van der Waals surface area contributed by atoms with Crippen molar-refractivity contribution in [2.45, 2.75) is 38.3 Å². The molecule has 0 radical (unpaired) electrons. The number of nitrogens with one attached hydrogen (secondary N) is 1. The smallest absolute Gasteiger partial charge is 0.139 e. The average molecular weight is 350 g/mol. The number of aromatic nitrogens is 4. The molecule has 1 saturated heterocycles. The average Bonchev–Trinajstić information content (AvgIpc) is 2.99. The SMILES string of the molecule is N#CCCCN1CC(n2c(CO)nc3cnc4[nH]ccc4c32)C2(CC2)C1. The lowest BCUT2D eigenvalue weighted by atomic mass is 10.00.